The zero-order valence-electron chi connectivity index (χ0n) is 12.6. The Hall–Kier alpha value is -1.46. The Morgan fingerprint density at radius 2 is 2.14 bits per heavy atom. The molecule has 2 rings (SSSR count). The van der Waals surface area contributed by atoms with Gasteiger partial charge < -0.3 is 11.1 Å². The van der Waals surface area contributed by atoms with Crippen LogP contribution in [0.1, 0.15) is 24.8 Å². The number of anilines is 1. The molecule has 21 heavy (non-hydrogen) atoms. The molecule has 0 atom stereocenters. The van der Waals surface area contributed by atoms with Gasteiger partial charge in [-0.2, -0.15) is 0 Å². The number of nitrogens with two attached hydrogens (primary N) is 1. The van der Waals surface area contributed by atoms with E-state index in [1.165, 1.54) is 12.1 Å². The second-order valence-corrected chi connectivity index (χ2v) is 5.80. The Morgan fingerprint density at radius 3 is 2.81 bits per heavy atom. The summed E-state index contributed by atoms with van der Waals surface area (Å²) in [6.07, 6.45) is 3.27. The SMILES string of the molecule is Cc1ccc(F)cc1NC(=O)CN1CCC(CCN)CC1. The van der Waals surface area contributed by atoms with E-state index in [1.54, 1.807) is 6.07 Å². The third kappa shape index (κ3) is 4.79. The highest BCUT2D eigenvalue weighted by atomic mass is 19.1. The van der Waals surface area contributed by atoms with Crippen molar-refractivity contribution in [3.8, 4) is 0 Å². The van der Waals surface area contributed by atoms with Crippen molar-refractivity contribution >= 4 is 11.6 Å². The molecule has 0 aromatic heterocycles. The van der Waals surface area contributed by atoms with Gasteiger partial charge in [-0.1, -0.05) is 6.07 Å². The number of carbonyl (C=O) groups excluding carboxylic acids is 1. The molecule has 1 fully saturated rings. The molecular weight excluding hydrogens is 269 g/mol. The lowest BCUT2D eigenvalue weighted by atomic mass is 9.94. The van der Waals surface area contributed by atoms with Crippen LogP contribution >= 0.6 is 0 Å². The summed E-state index contributed by atoms with van der Waals surface area (Å²) in [5.74, 6) is 0.277. The molecule has 1 aromatic rings. The van der Waals surface area contributed by atoms with Gasteiger partial charge in [0.05, 0.1) is 6.54 Å². The second kappa shape index (κ2) is 7.52. The molecular formula is C16H24FN3O. The number of aryl methyl sites for hydroxylation is 1. The highest BCUT2D eigenvalue weighted by Crippen LogP contribution is 2.20. The van der Waals surface area contributed by atoms with Crippen molar-refractivity contribution in [1.82, 2.24) is 4.90 Å². The van der Waals surface area contributed by atoms with Gasteiger partial charge in [0.1, 0.15) is 5.82 Å². The Bertz CT molecular complexity index is 484. The van der Waals surface area contributed by atoms with E-state index in [9.17, 15) is 9.18 Å². The third-order valence-corrected chi connectivity index (χ3v) is 4.12. The number of nitrogens with zero attached hydrogens (tertiary/aromatic N) is 1. The average molecular weight is 293 g/mol. The summed E-state index contributed by atoms with van der Waals surface area (Å²) in [5, 5.41) is 2.79. The number of amides is 1. The molecule has 1 saturated heterocycles. The molecule has 0 aliphatic carbocycles. The molecule has 0 unspecified atom stereocenters. The maximum absolute atomic E-state index is 13.2. The van der Waals surface area contributed by atoms with Gasteiger partial charge in [0.15, 0.2) is 0 Å². The lowest BCUT2D eigenvalue weighted by Gasteiger charge is -2.31. The Labute approximate surface area is 125 Å². The summed E-state index contributed by atoms with van der Waals surface area (Å²) in [6.45, 7) is 4.82. The van der Waals surface area contributed by atoms with E-state index in [1.807, 2.05) is 6.92 Å². The predicted molar refractivity (Wildman–Crippen MR) is 82.6 cm³/mol. The molecule has 0 radical (unpaired) electrons. The van der Waals surface area contributed by atoms with E-state index in [0.29, 0.717) is 18.2 Å². The van der Waals surface area contributed by atoms with E-state index >= 15 is 0 Å². The zero-order chi connectivity index (χ0) is 15.2. The van der Waals surface area contributed by atoms with Crippen LogP contribution in [0.5, 0.6) is 0 Å². The molecule has 5 heteroatoms. The number of halogens is 1. The Morgan fingerprint density at radius 1 is 1.43 bits per heavy atom. The molecule has 0 saturated carbocycles. The van der Waals surface area contributed by atoms with E-state index in [2.05, 4.69) is 10.2 Å². The first-order valence-electron chi connectivity index (χ1n) is 7.57. The van der Waals surface area contributed by atoms with Gasteiger partial charge in [0.25, 0.3) is 0 Å². The summed E-state index contributed by atoms with van der Waals surface area (Å²) in [5.41, 5.74) is 7.00. The molecule has 116 valence electrons. The van der Waals surface area contributed by atoms with Crippen LogP contribution < -0.4 is 11.1 Å². The van der Waals surface area contributed by atoms with E-state index in [-0.39, 0.29) is 11.7 Å². The first-order chi connectivity index (χ1) is 10.1. The predicted octanol–water partition coefficient (Wildman–Crippen LogP) is 2.13. The van der Waals surface area contributed by atoms with Crippen molar-refractivity contribution in [3.05, 3.63) is 29.6 Å². The summed E-state index contributed by atoms with van der Waals surface area (Å²) in [4.78, 5) is 14.2. The molecule has 0 bridgehead atoms. The van der Waals surface area contributed by atoms with Gasteiger partial charge in [0, 0.05) is 5.69 Å². The third-order valence-electron chi connectivity index (χ3n) is 4.12. The molecule has 3 N–H and O–H groups in total. The van der Waals surface area contributed by atoms with Crippen molar-refractivity contribution in [2.24, 2.45) is 11.7 Å². The van der Waals surface area contributed by atoms with Crippen LogP contribution in [-0.4, -0.2) is 37.0 Å². The van der Waals surface area contributed by atoms with E-state index < -0.39 is 0 Å². The fourth-order valence-corrected chi connectivity index (χ4v) is 2.79. The van der Waals surface area contributed by atoms with Crippen LogP contribution in [0.3, 0.4) is 0 Å². The molecule has 1 heterocycles. The number of rotatable bonds is 5. The van der Waals surface area contributed by atoms with Crippen LogP contribution in [0, 0.1) is 18.7 Å². The van der Waals surface area contributed by atoms with Crippen molar-refractivity contribution in [1.29, 1.82) is 0 Å². The Kier molecular flexibility index (Phi) is 5.70. The minimum atomic E-state index is -0.335. The first kappa shape index (κ1) is 15.9. The minimum Gasteiger partial charge on any atom is -0.330 e. The fourth-order valence-electron chi connectivity index (χ4n) is 2.79. The number of hydrogen-bond acceptors (Lipinski definition) is 3. The number of hydrogen-bond donors (Lipinski definition) is 2. The summed E-state index contributed by atoms with van der Waals surface area (Å²) in [6, 6.07) is 4.43. The molecule has 1 amide bonds. The smallest absolute Gasteiger partial charge is 0.238 e. The summed E-state index contributed by atoms with van der Waals surface area (Å²) < 4.78 is 13.2. The quantitative estimate of drug-likeness (QED) is 0.874. The lowest BCUT2D eigenvalue weighted by Crippen LogP contribution is -2.39. The zero-order valence-corrected chi connectivity index (χ0v) is 12.6. The topological polar surface area (TPSA) is 58.4 Å². The van der Waals surface area contributed by atoms with Gasteiger partial charge in [-0.05, 0) is 69.4 Å². The second-order valence-electron chi connectivity index (χ2n) is 5.80. The standard InChI is InChI=1S/C16H24FN3O/c1-12-2-3-14(17)10-15(12)19-16(21)11-20-8-5-13(4-7-18)6-9-20/h2-3,10,13H,4-9,11,18H2,1H3,(H,19,21). The molecule has 1 aliphatic heterocycles. The van der Waals surface area contributed by atoms with Gasteiger partial charge in [-0.25, -0.2) is 4.39 Å². The van der Waals surface area contributed by atoms with Crippen LogP contribution in [0.2, 0.25) is 0 Å². The van der Waals surface area contributed by atoms with Crippen LogP contribution in [0.25, 0.3) is 0 Å². The van der Waals surface area contributed by atoms with Crippen LogP contribution in [-0.2, 0) is 4.79 Å². The van der Waals surface area contributed by atoms with E-state index in [4.69, 9.17) is 5.73 Å². The van der Waals surface area contributed by atoms with Gasteiger partial charge in [-0.3, -0.25) is 9.69 Å². The largest absolute Gasteiger partial charge is 0.330 e. The summed E-state index contributed by atoms with van der Waals surface area (Å²) >= 11 is 0. The maximum Gasteiger partial charge on any atom is 0.238 e. The highest BCUT2D eigenvalue weighted by Gasteiger charge is 2.20. The Balaban J connectivity index is 1.81. The fraction of sp³-hybridized carbons (Fsp3) is 0.562. The van der Waals surface area contributed by atoms with Crippen molar-refractivity contribution in [3.63, 3.8) is 0 Å². The molecule has 1 aromatic carbocycles. The summed E-state index contributed by atoms with van der Waals surface area (Å²) in [7, 11) is 0. The number of likely N-dealkylation sites (tertiary alicyclic amines) is 1. The monoisotopic (exact) mass is 293 g/mol. The van der Waals surface area contributed by atoms with Crippen molar-refractivity contribution in [2.75, 3.05) is 31.5 Å². The number of carbonyl (C=O) groups is 1. The molecule has 0 spiro atoms. The van der Waals surface area contributed by atoms with Gasteiger partial charge >= 0.3 is 0 Å². The van der Waals surface area contributed by atoms with E-state index in [0.717, 1.165) is 44.5 Å². The minimum absolute atomic E-state index is 0.0824. The first-order valence-corrected chi connectivity index (χ1v) is 7.57. The molecule has 4 nitrogen and oxygen atoms in total. The molecule has 1 aliphatic rings. The van der Waals surface area contributed by atoms with Crippen LogP contribution in [0.15, 0.2) is 18.2 Å². The highest BCUT2D eigenvalue weighted by molar-refractivity contribution is 5.92. The maximum atomic E-state index is 13.2. The van der Waals surface area contributed by atoms with Crippen LogP contribution in [0.4, 0.5) is 10.1 Å². The number of nitrogens with one attached hydrogen (secondary N) is 1. The number of piperidine rings is 1. The van der Waals surface area contributed by atoms with Crippen molar-refractivity contribution in [2.45, 2.75) is 26.2 Å². The van der Waals surface area contributed by atoms with Crippen molar-refractivity contribution < 1.29 is 9.18 Å². The number of benzene rings is 1. The van der Waals surface area contributed by atoms with Gasteiger partial charge in [0.2, 0.25) is 5.91 Å². The average Bonchev–Trinajstić information content (AvgIpc) is 2.45. The normalized spacial score (nSPS) is 16.9. The lowest BCUT2D eigenvalue weighted by molar-refractivity contribution is -0.117. The van der Waals surface area contributed by atoms with Gasteiger partial charge in [-0.15, -0.1) is 0 Å².